The summed E-state index contributed by atoms with van der Waals surface area (Å²) in [6.45, 7) is 3.98. The maximum absolute atomic E-state index is 12.5. The van der Waals surface area contributed by atoms with E-state index in [1.165, 1.54) is 59.7 Å². The number of fused-ring (bicyclic) bond motifs is 1. The number of aromatic amines is 1. The van der Waals surface area contributed by atoms with Crippen molar-refractivity contribution in [1.29, 1.82) is 0 Å². The number of nitrogens with one attached hydrogen (secondary N) is 3. The zero-order valence-electron chi connectivity index (χ0n) is 28.4. The van der Waals surface area contributed by atoms with Crippen LogP contribution in [-0.4, -0.2) is 73.7 Å². The number of rotatable bonds is 11. The second kappa shape index (κ2) is 16.9. The van der Waals surface area contributed by atoms with E-state index in [0.717, 1.165) is 16.6 Å². The summed E-state index contributed by atoms with van der Waals surface area (Å²) < 4.78 is 10.4. The maximum atomic E-state index is 12.5. The number of hydrogen-bond donors (Lipinski definition) is 8. The molecule has 0 radical (unpaired) electrons. The number of para-hydroxylation sites is 1. The summed E-state index contributed by atoms with van der Waals surface area (Å²) in [6, 6.07) is 25.8. The van der Waals surface area contributed by atoms with E-state index in [1.54, 1.807) is 24.3 Å². The predicted molar refractivity (Wildman–Crippen MR) is 196 cm³/mol. The van der Waals surface area contributed by atoms with E-state index in [2.05, 4.69) is 46.6 Å². The minimum absolute atomic E-state index is 0.0784. The van der Waals surface area contributed by atoms with Gasteiger partial charge in [0.2, 0.25) is 0 Å². The summed E-state index contributed by atoms with van der Waals surface area (Å²) in [5.41, 5.74) is 5.95. The summed E-state index contributed by atoms with van der Waals surface area (Å²) in [5, 5.41) is 52.7. The van der Waals surface area contributed by atoms with E-state index in [4.69, 9.17) is 19.7 Å². The Kier molecular flexibility index (Phi) is 11.9. The largest absolute Gasteiger partial charge is 0.507 e. The molecule has 0 aliphatic rings. The van der Waals surface area contributed by atoms with Gasteiger partial charge < -0.3 is 50.6 Å². The third-order valence-electron chi connectivity index (χ3n) is 7.82. The third kappa shape index (κ3) is 9.15. The number of nitrogens with zero attached hydrogens (tertiary/aromatic N) is 1. The van der Waals surface area contributed by atoms with Crippen molar-refractivity contribution in [2.24, 2.45) is 0 Å². The molecule has 0 saturated carbocycles. The number of ether oxygens (including phenoxy) is 2. The number of H-pyrrole nitrogens is 1. The monoisotopic (exact) mass is 706 g/mol. The molecule has 6 rings (SSSR count). The molecular formula is C39H38N4O9. The molecule has 0 unspecified atom stereocenters. The number of aromatic nitrogens is 2. The van der Waals surface area contributed by atoms with Crippen LogP contribution < -0.4 is 20.1 Å². The average Bonchev–Trinajstić information content (AvgIpc) is 3.54. The first-order chi connectivity index (χ1) is 25.1. The molecule has 13 nitrogen and oxygen atoms in total. The Morgan fingerprint density at radius 1 is 0.654 bits per heavy atom. The Balaban J connectivity index is 0.000000242. The summed E-state index contributed by atoms with van der Waals surface area (Å²) in [7, 11) is 0. The SMILES string of the molecule is Cc1cc2nc(-c3ccccc3O)[nH]c2cc1C.O=C(Nc1ccc(OCCO)cc1O)c1ccc(C(=O)Nc2ccc(OCCO)cc2O)cc1. The van der Waals surface area contributed by atoms with Crippen LogP contribution >= 0.6 is 0 Å². The van der Waals surface area contributed by atoms with Crippen LogP contribution in [0.5, 0.6) is 28.7 Å². The first-order valence-corrected chi connectivity index (χ1v) is 16.2. The molecule has 6 aromatic rings. The molecule has 1 heterocycles. The van der Waals surface area contributed by atoms with Gasteiger partial charge in [0.15, 0.2) is 0 Å². The molecule has 0 aliphatic heterocycles. The maximum Gasteiger partial charge on any atom is 0.255 e. The number of hydrogen-bond acceptors (Lipinski definition) is 10. The standard InChI is InChI=1S/C24H24N2O8.C15H14N2O/c27-9-11-33-17-5-7-19(21(29)13-17)25-23(31)15-1-2-16(4-3-15)24(32)26-20-8-6-18(14-22(20)30)34-12-10-28;1-9-7-12-13(8-10(9)2)17-15(16-12)11-5-3-4-6-14(11)18/h1-8,13-14,27-30H,9-12H2,(H,25,31)(H,26,32);3-8,18H,1-2H3,(H,16,17). The predicted octanol–water partition coefficient (Wildman–Crippen LogP) is 5.90. The van der Waals surface area contributed by atoms with Crippen LogP contribution in [0.15, 0.2) is 97.1 Å². The zero-order chi connectivity index (χ0) is 37.2. The molecule has 2 amide bonds. The minimum Gasteiger partial charge on any atom is -0.507 e. The molecule has 1 aromatic heterocycles. The number of phenolic OH excluding ortho intramolecular Hbond substituents is 3. The van der Waals surface area contributed by atoms with Crippen LogP contribution in [0.2, 0.25) is 0 Å². The number of amides is 2. The van der Waals surface area contributed by atoms with Gasteiger partial charge in [-0.15, -0.1) is 0 Å². The van der Waals surface area contributed by atoms with Gasteiger partial charge in [0.25, 0.3) is 11.8 Å². The van der Waals surface area contributed by atoms with Crippen LogP contribution in [-0.2, 0) is 0 Å². The van der Waals surface area contributed by atoms with Gasteiger partial charge in [-0.3, -0.25) is 9.59 Å². The Morgan fingerprint density at radius 2 is 1.15 bits per heavy atom. The number of carbonyl (C=O) groups excluding carboxylic acids is 2. The lowest BCUT2D eigenvalue weighted by Gasteiger charge is -2.11. The highest BCUT2D eigenvalue weighted by Crippen LogP contribution is 2.31. The van der Waals surface area contributed by atoms with Crippen molar-refractivity contribution < 1.29 is 44.6 Å². The van der Waals surface area contributed by atoms with Crippen molar-refractivity contribution in [2.45, 2.75) is 13.8 Å². The third-order valence-corrected chi connectivity index (χ3v) is 7.82. The van der Waals surface area contributed by atoms with Crippen LogP contribution in [0.4, 0.5) is 11.4 Å². The molecule has 0 atom stereocenters. The van der Waals surface area contributed by atoms with Crippen molar-refractivity contribution in [1.82, 2.24) is 9.97 Å². The van der Waals surface area contributed by atoms with Gasteiger partial charge in [0, 0.05) is 23.3 Å². The lowest BCUT2D eigenvalue weighted by molar-refractivity contribution is 0.101. The number of aliphatic hydroxyl groups excluding tert-OH is 2. The van der Waals surface area contributed by atoms with Crippen molar-refractivity contribution in [3.63, 3.8) is 0 Å². The van der Waals surface area contributed by atoms with E-state index in [-0.39, 0.29) is 66.2 Å². The summed E-state index contributed by atoms with van der Waals surface area (Å²) in [6.07, 6.45) is 0. The number of anilines is 2. The summed E-state index contributed by atoms with van der Waals surface area (Å²) in [4.78, 5) is 32.8. The number of carbonyl (C=O) groups is 2. The highest BCUT2D eigenvalue weighted by Gasteiger charge is 2.14. The van der Waals surface area contributed by atoms with Crippen LogP contribution in [0, 0.1) is 13.8 Å². The lowest BCUT2D eigenvalue weighted by atomic mass is 10.1. The Morgan fingerprint density at radius 3 is 1.63 bits per heavy atom. The molecule has 0 aliphatic carbocycles. The number of aryl methyl sites for hydroxylation is 2. The van der Waals surface area contributed by atoms with Crippen LogP contribution in [0.1, 0.15) is 31.8 Å². The fourth-order valence-corrected chi connectivity index (χ4v) is 4.97. The molecule has 0 spiro atoms. The van der Waals surface area contributed by atoms with Gasteiger partial charge in [0.1, 0.15) is 47.8 Å². The Bertz CT molecular complexity index is 2050. The minimum atomic E-state index is -0.498. The molecule has 268 valence electrons. The van der Waals surface area contributed by atoms with E-state index < -0.39 is 11.8 Å². The quantitative estimate of drug-likeness (QED) is 0.0749. The zero-order valence-corrected chi connectivity index (χ0v) is 28.4. The fourth-order valence-electron chi connectivity index (χ4n) is 4.97. The molecule has 0 bridgehead atoms. The number of imidazole rings is 1. The van der Waals surface area contributed by atoms with Crippen molar-refractivity contribution >= 4 is 34.2 Å². The Hall–Kier alpha value is -6.57. The smallest absolute Gasteiger partial charge is 0.255 e. The number of phenols is 3. The van der Waals surface area contributed by atoms with Gasteiger partial charge >= 0.3 is 0 Å². The lowest BCUT2D eigenvalue weighted by Crippen LogP contribution is -2.14. The molecule has 52 heavy (non-hydrogen) atoms. The van der Waals surface area contributed by atoms with Gasteiger partial charge in [-0.1, -0.05) is 12.1 Å². The molecule has 5 aromatic carbocycles. The summed E-state index contributed by atoms with van der Waals surface area (Å²) in [5.74, 6) is 0.235. The number of benzene rings is 5. The fraction of sp³-hybridized carbons (Fsp3) is 0.154. The van der Waals surface area contributed by atoms with Gasteiger partial charge in [0.05, 0.1) is 41.2 Å². The Labute approximate surface area is 298 Å². The van der Waals surface area contributed by atoms with E-state index in [9.17, 15) is 24.9 Å². The molecule has 13 heteroatoms. The van der Waals surface area contributed by atoms with Gasteiger partial charge in [-0.05, 0) is 97.8 Å². The topological polar surface area (TPSA) is 206 Å². The van der Waals surface area contributed by atoms with Crippen molar-refractivity contribution in [3.8, 4) is 40.1 Å². The highest BCUT2D eigenvalue weighted by atomic mass is 16.5. The first kappa shape index (κ1) is 36.7. The van der Waals surface area contributed by atoms with Gasteiger partial charge in [-0.2, -0.15) is 0 Å². The molecule has 8 N–H and O–H groups in total. The second-order valence-corrected chi connectivity index (χ2v) is 11.5. The molecular weight excluding hydrogens is 668 g/mol. The molecule has 0 fully saturated rings. The molecule has 0 saturated heterocycles. The van der Waals surface area contributed by atoms with E-state index in [0.29, 0.717) is 17.3 Å². The van der Waals surface area contributed by atoms with Crippen LogP contribution in [0.3, 0.4) is 0 Å². The summed E-state index contributed by atoms with van der Waals surface area (Å²) >= 11 is 0. The van der Waals surface area contributed by atoms with E-state index in [1.807, 2.05) is 12.1 Å². The normalized spacial score (nSPS) is 10.6. The second-order valence-electron chi connectivity index (χ2n) is 11.5. The number of aliphatic hydroxyl groups is 2. The highest BCUT2D eigenvalue weighted by molar-refractivity contribution is 6.08. The number of aromatic hydroxyl groups is 3. The van der Waals surface area contributed by atoms with Crippen LogP contribution in [0.25, 0.3) is 22.4 Å². The average molecular weight is 707 g/mol. The van der Waals surface area contributed by atoms with Gasteiger partial charge in [-0.25, -0.2) is 4.98 Å². The first-order valence-electron chi connectivity index (χ1n) is 16.2. The van der Waals surface area contributed by atoms with E-state index >= 15 is 0 Å². The van der Waals surface area contributed by atoms with Crippen molar-refractivity contribution in [3.05, 3.63) is 119 Å². The van der Waals surface area contributed by atoms with Crippen molar-refractivity contribution in [2.75, 3.05) is 37.1 Å².